The molecule has 0 bridgehead atoms. The van der Waals surface area contributed by atoms with Crippen LogP contribution in [0.4, 0.5) is 0 Å². The highest BCUT2D eigenvalue weighted by Gasteiger charge is 2.34. The molecule has 0 aliphatic heterocycles. The van der Waals surface area contributed by atoms with Gasteiger partial charge in [-0.2, -0.15) is 0 Å². The fraction of sp³-hybridized carbons (Fsp3) is 0.909. The van der Waals surface area contributed by atoms with Crippen LogP contribution in [0.3, 0.4) is 0 Å². The number of hydrogen-bond acceptors (Lipinski definition) is 3. The zero-order valence-corrected chi connectivity index (χ0v) is 10.1. The monoisotopic (exact) mass is 213 g/mol. The topological polar surface area (TPSA) is 49.6 Å². The van der Waals surface area contributed by atoms with Gasteiger partial charge in [0.25, 0.3) is 0 Å². The highest BCUT2D eigenvalue weighted by molar-refractivity contribution is 5.76. The van der Waals surface area contributed by atoms with E-state index in [-0.39, 0.29) is 11.9 Å². The number of nitrogens with two attached hydrogens (primary N) is 1. The summed E-state index contributed by atoms with van der Waals surface area (Å²) >= 11 is 0. The molecular weight excluding hydrogens is 190 g/mol. The Morgan fingerprint density at radius 2 is 2.00 bits per heavy atom. The third kappa shape index (κ3) is 3.80. The number of hydrogen-bond donors (Lipinski definition) is 1. The Labute approximate surface area is 92.4 Å². The van der Waals surface area contributed by atoms with Crippen molar-refractivity contribution in [3.8, 4) is 0 Å². The molecule has 0 heterocycles. The Bertz CT molecular complexity index is 214. The van der Waals surface area contributed by atoms with Crippen molar-refractivity contribution in [3.05, 3.63) is 0 Å². The molecule has 1 aliphatic carbocycles. The third-order valence-electron chi connectivity index (χ3n) is 3.07. The number of rotatable bonds is 6. The lowest BCUT2D eigenvalue weighted by Crippen LogP contribution is -2.44. The lowest BCUT2D eigenvalue weighted by atomic mass is 10.1. The number of nitrogens with zero attached hydrogens (tertiary/aromatic N) is 2. The summed E-state index contributed by atoms with van der Waals surface area (Å²) in [4.78, 5) is 15.7. The molecule has 1 atom stereocenters. The average molecular weight is 213 g/mol. The van der Waals surface area contributed by atoms with Gasteiger partial charge in [0.1, 0.15) is 0 Å². The van der Waals surface area contributed by atoms with Crippen molar-refractivity contribution in [1.82, 2.24) is 9.80 Å². The van der Waals surface area contributed by atoms with Crippen molar-refractivity contribution in [2.75, 3.05) is 34.2 Å². The second kappa shape index (κ2) is 5.47. The summed E-state index contributed by atoms with van der Waals surface area (Å²) in [5.41, 5.74) is 5.70. The predicted octanol–water partition coefficient (Wildman–Crippen LogP) is 0.134. The van der Waals surface area contributed by atoms with Gasteiger partial charge < -0.3 is 15.5 Å². The van der Waals surface area contributed by atoms with E-state index in [0.717, 1.165) is 6.54 Å². The SMILES string of the molecule is CN(C)CCC(=O)N(C)C(CN)C1CC1. The molecule has 0 spiro atoms. The maximum atomic E-state index is 11.8. The largest absolute Gasteiger partial charge is 0.341 e. The number of carbonyl (C=O) groups is 1. The van der Waals surface area contributed by atoms with Crippen LogP contribution in [0.5, 0.6) is 0 Å². The fourth-order valence-electron chi connectivity index (χ4n) is 1.83. The van der Waals surface area contributed by atoms with E-state index in [1.807, 2.05) is 30.9 Å². The summed E-state index contributed by atoms with van der Waals surface area (Å²) in [5.74, 6) is 0.870. The van der Waals surface area contributed by atoms with Gasteiger partial charge in [-0.05, 0) is 32.9 Å². The van der Waals surface area contributed by atoms with Gasteiger partial charge >= 0.3 is 0 Å². The molecule has 4 heteroatoms. The minimum Gasteiger partial charge on any atom is -0.341 e. The third-order valence-corrected chi connectivity index (χ3v) is 3.07. The van der Waals surface area contributed by atoms with E-state index in [1.54, 1.807) is 0 Å². The molecule has 15 heavy (non-hydrogen) atoms. The summed E-state index contributed by atoms with van der Waals surface area (Å²) in [6, 6.07) is 0.264. The van der Waals surface area contributed by atoms with Gasteiger partial charge in [0.2, 0.25) is 5.91 Å². The molecule has 0 aromatic heterocycles. The number of carbonyl (C=O) groups excluding carboxylic acids is 1. The molecule has 1 unspecified atom stereocenters. The fourth-order valence-corrected chi connectivity index (χ4v) is 1.83. The highest BCUT2D eigenvalue weighted by atomic mass is 16.2. The van der Waals surface area contributed by atoms with Gasteiger partial charge in [0, 0.05) is 32.6 Å². The van der Waals surface area contributed by atoms with Crippen LogP contribution < -0.4 is 5.73 Å². The Kier molecular flexibility index (Phi) is 4.54. The van der Waals surface area contributed by atoms with Gasteiger partial charge in [0.15, 0.2) is 0 Å². The van der Waals surface area contributed by atoms with E-state index < -0.39 is 0 Å². The van der Waals surface area contributed by atoms with Gasteiger partial charge in [0.05, 0.1) is 0 Å². The second-order valence-electron chi connectivity index (χ2n) is 4.70. The zero-order valence-electron chi connectivity index (χ0n) is 10.1. The minimum atomic E-state index is 0.214. The van der Waals surface area contributed by atoms with E-state index >= 15 is 0 Å². The van der Waals surface area contributed by atoms with Gasteiger partial charge in [-0.1, -0.05) is 0 Å². The molecule has 0 aromatic carbocycles. The number of amides is 1. The van der Waals surface area contributed by atoms with Crippen molar-refractivity contribution in [2.45, 2.75) is 25.3 Å². The van der Waals surface area contributed by atoms with Crippen molar-refractivity contribution in [1.29, 1.82) is 0 Å². The first-order valence-corrected chi connectivity index (χ1v) is 5.66. The van der Waals surface area contributed by atoms with Gasteiger partial charge in [-0.3, -0.25) is 4.79 Å². The van der Waals surface area contributed by atoms with E-state index in [1.165, 1.54) is 12.8 Å². The normalized spacial score (nSPS) is 17.9. The van der Waals surface area contributed by atoms with Crippen LogP contribution >= 0.6 is 0 Å². The zero-order chi connectivity index (χ0) is 11.4. The van der Waals surface area contributed by atoms with Gasteiger partial charge in [-0.25, -0.2) is 0 Å². The van der Waals surface area contributed by atoms with Crippen molar-refractivity contribution >= 4 is 5.91 Å². The quantitative estimate of drug-likeness (QED) is 0.682. The van der Waals surface area contributed by atoms with Crippen LogP contribution in [0.25, 0.3) is 0 Å². The van der Waals surface area contributed by atoms with Crippen LogP contribution in [0, 0.1) is 5.92 Å². The van der Waals surface area contributed by atoms with Crippen LogP contribution in [-0.4, -0.2) is 56.0 Å². The molecule has 1 fully saturated rings. The van der Waals surface area contributed by atoms with E-state index in [4.69, 9.17) is 5.73 Å². The Balaban J connectivity index is 2.36. The molecule has 1 saturated carbocycles. The van der Waals surface area contributed by atoms with Crippen molar-refractivity contribution in [3.63, 3.8) is 0 Å². The summed E-state index contributed by atoms with van der Waals surface area (Å²) in [6.07, 6.45) is 3.05. The smallest absolute Gasteiger partial charge is 0.223 e. The van der Waals surface area contributed by atoms with Crippen LogP contribution in [0.15, 0.2) is 0 Å². The summed E-state index contributed by atoms with van der Waals surface area (Å²) in [7, 11) is 5.84. The molecular formula is C11H23N3O. The van der Waals surface area contributed by atoms with E-state index in [2.05, 4.69) is 0 Å². The molecule has 1 rings (SSSR count). The molecule has 1 aliphatic rings. The minimum absolute atomic E-state index is 0.214. The molecule has 2 N–H and O–H groups in total. The Hall–Kier alpha value is -0.610. The van der Waals surface area contributed by atoms with Gasteiger partial charge in [-0.15, -0.1) is 0 Å². The molecule has 1 amide bonds. The highest BCUT2D eigenvalue weighted by Crippen LogP contribution is 2.34. The Morgan fingerprint density at radius 1 is 1.40 bits per heavy atom. The predicted molar refractivity (Wildman–Crippen MR) is 61.5 cm³/mol. The summed E-state index contributed by atoms with van der Waals surface area (Å²) in [5, 5.41) is 0. The van der Waals surface area contributed by atoms with Crippen molar-refractivity contribution < 1.29 is 4.79 Å². The Morgan fingerprint density at radius 3 is 2.40 bits per heavy atom. The first-order chi connectivity index (χ1) is 7.06. The summed E-state index contributed by atoms with van der Waals surface area (Å²) < 4.78 is 0. The van der Waals surface area contributed by atoms with E-state index in [9.17, 15) is 4.79 Å². The molecule has 4 nitrogen and oxygen atoms in total. The van der Waals surface area contributed by atoms with Crippen LogP contribution in [-0.2, 0) is 4.79 Å². The maximum Gasteiger partial charge on any atom is 0.223 e. The van der Waals surface area contributed by atoms with E-state index in [0.29, 0.717) is 18.9 Å². The first kappa shape index (κ1) is 12.5. The van der Waals surface area contributed by atoms with Crippen LogP contribution in [0.1, 0.15) is 19.3 Å². The molecule has 0 aromatic rings. The lowest BCUT2D eigenvalue weighted by Gasteiger charge is -2.27. The maximum absolute atomic E-state index is 11.8. The average Bonchev–Trinajstić information content (AvgIpc) is 2.99. The number of likely N-dealkylation sites (N-methyl/N-ethyl adjacent to an activating group) is 1. The molecule has 88 valence electrons. The second-order valence-corrected chi connectivity index (χ2v) is 4.70. The molecule has 0 saturated heterocycles. The van der Waals surface area contributed by atoms with Crippen molar-refractivity contribution in [2.24, 2.45) is 11.7 Å². The standard InChI is InChI=1S/C11H23N3O/c1-13(2)7-6-11(15)14(3)10(8-12)9-4-5-9/h9-10H,4-8,12H2,1-3H3. The first-order valence-electron chi connectivity index (χ1n) is 5.66. The summed E-state index contributed by atoms with van der Waals surface area (Å²) in [6.45, 7) is 1.40. The lowest BCUT2D eigenvalue weighted by molar-refractivity contribution is -0.132. The molecule has 0 radical (unpaired) electrons. The van der Waals surface area contributed by atoms with Crippen LogP contribution in [0.2, 0.25) is 0 Å².